The Labute approximate surface area is 151 Å². The van der Waals surface area contributed by atoms with Crippen LogP contribution in [0.4, 0.5) is 21.0 Å². The lowest BCUT2D eigenvalue weighted by atomic mass is 10.2. The van der Waals surface area contributed by atoms with Gasteiger partial charge in [0.1, 0.15) is 0 Å². The minimum atomic E-state index is -0.564. The first kappa shape index (κ1) is 18.8. The van der Waals surface area contributed by atoms with E-state index >= 15 is 0 Å². The van der Waals surface area contributed by atoms with Gasteiger partial charge in [-0.25, -0.2) is 9.59 Å². The highest BCUT2D eigenvalue weighted by molar-refractivity contribution is 7.10. The van der Waals surface area contributed by atoms with Crippen molar-refractivity contribution in [3.8, 4) is 0 Å². The summed E-state index contributed by atoms with van der Waals surface area (Å²) < 4.78 is 4.54. The number of likely N-dealkylation sites (N-methyl/N-ethyl adjacent to an activating group) is 1. The van der Waals surface area contributed by atoms with E-state index in [1.807, 2.05) is 25.5 Å². The fourth-order valence-electron chi connectivity index (χ4n) is 2.23. The summed E-state index contributed by atoms with van der Waals surface area (Å²) in [5.41, 5.74) is 1.11. The second-order valence-electron chi connectivity index (χ2n) is 5.53. The van der Waals surface area contributed by atoms with Gasteiger partial charge in [0, 0.05) is 22.8 Å². The molecule has 0 aliphatic rings. The number of thiophene rings is 1. The maximum atomic E-state index is 12.1. The van der Waals surface area contributed by atoms with Crippen molar-refractivity contribution in [3.05, 3.63) is 46.7 Å². The molecule has 0 bridgehead atoms. The number of amides is 3. The lowest BCUT2D eigenvalue weighted by molar-refractivity contribution is 0.187. The highest BCUT2D eigenvalue weighted by Gasteiger charge is 2.16. The Kier molecular flexibility index (Phi) is 6.79. The van der Waals surface area contributed by atoms with Crippen LogP contribution in [0, 0.1) is 0 Å². The smallest absolute Gasteiger partial charge is 0.411 e. The van der Waals surface area contributed by atoms with Gasteiger partial charge in [-0.05, 0) is 43.7 Å². The second kappa shape index (κ2) is 9.05. The molecule has 0 saturated carbocycles. The van der Waals surface area contributed by atoms with E-state index in [4.69, 9.17) is 0 Å². The number of hydrogen-bond donors (Lipinski definition) is 3. The van der Waals surface area contributed by atoms with E-state index < -0.39 is 6.09 Å². The Morgan fingerprint density at radius 2 is 1.88 bits per heavy atom. The van der Waals surface area contributed by atoms with Crippen LogP contribution in [0.3, 0.4) is 0 Å². The van der Waals surface area contributed by atoms with Crippen molar-refractivity contribution in [1.29, 1.82) is 0 Å². The molecule has 8 heteroatoms. The van der Waals surface area contributed by atoms with Crippen LogP contribution in [0.2, 0.25) is 0 Å². The summed E-state index contributed by atoms with van der Waals surface area (Å²) in [5, 5.41) is 10.2. The predicted molar refractivity (Wildman–Crippen MR) is 100 cm³/mol. The van der Waals surface area contributed by atoms with Crippen LogP contribution >= 0.6 is 11.3 Å². The number of urea groups is 1. The van der Waals surface area contributed by atoms with E-state index in [9.17, 15) is 9.59 Å². The average Bonchev–Trinajstić information content (AvgIpc) is 3.09. The largest absolute Gasteiger partial charge is 0.453 e. The molecule has 0 fully saturated rings. The lowest BCUT2D eigenvalue weighted by Crippen LogP contribution is -2.36. The minimum absolute atomic E-state index is 0.109. The zero-order chi connectivity index (χ0) is 18.2. The van der Waals surface area contributed by atoms with Gasteiger partial charge in [-0.15, -0.1) is 11.3 Å². The first-order chi connectivity index (χ1) is 12.0. The maximum Gasteiger partial charge on any atom is 0.411 e. The fourth-order valence-corrected chi connectivity index (χ4v) is 3.15. The zero-order valence-electron chi connectivity index (χ0n) is 14.4. The van der Waals surface area contributed by atoms with Crippen LogP contribution in [0.25, 0.3) is 0 Å². The molecule has 1 heterocycles. The SMILES string of the molecule is COC(=O)Nc1cccc(NC(=O)NCC(c2cccs2)N(C)C)c1. The van der Waals surface area contributed by atoms with Gasteiger partial charge >= 0.3 is 12.1 Å². The number of carbonyl (C=O) groups is 2. The molecule has 0 spiro atoms. The highest BCUT2D eigenvalue weighted by atomic mass is 32.1. The van der Waals surface area contributed by atoms with E-state index in [1.165, 1.54) is 12.0 Å². The van der Waals surface area contributed by atoms with Crippen molar-refractivity contribution in [2.45, 2.75) is 6.04 Å². The molecular formula is C17H22N4O3S. The van der Waals surface area contributed by atoms with Crippen LogP contribution in [0.15, 0.2) is 41.8 Å². The van der Waals surface area contributed by atoms with Crippen molar-refractivity contribution in [2.75, 3.05) is 38.4 Å². The standard InChI is InChI=1S/C17H22N4O3S/c1-21(2)14(15-8-5-9-25-15)11-18-16(22)19-12-6-4-7-13(10-12)20-17(23)24-3/h4-10,14H,11H2,1-3H3,(H,20,23)(H2,18,19,22). The van der Waals surface area contributed by atoms with Crippen LogP contribution in [-0.4, -0.2) is 44.8 Å². The normalized spacial score (nSPS) is 11.7. The van der Waals surface area contributed by atoms with Gasteiger partial charge < -0.3 is 20.3 Å². The van der Waals surface area contributed by atoms with Gasteiger partial charge in [0.05, 0.1) is 13.2 Å². The van der Waals surface area contributed by atoms with Crippen molar-refractivity contribution < 1.29 is 14.3 Å². The summed E-state index contributed by atoms with van der Waals surface area (Å²) in [7, 11) is 5.25. The predicted octanol–water partition coefficient (Wildman–Crippen LogP) is 3.35. The first-order valence-corrected chi connectivity index (χ1v) is 8.57. The Morgan fingerprint density at radius 1 is 1.16 bits per heavy atom. The summed E-state index contributed by atoms with van der Waals surface area (Å²) >= 11 is 1.66. The minimum Gasteiger partial charge on any atom is -0.453 e. The van der Waals surface area contributed by atoms with Crippen LogP contribution in [0.1, 0.15) is 10.9 Å². The maximum absolute atomic E-state index is 12.1. The molecule has 25 heavy (non-hydrogen) atoms. The molecule has 0 aliphatic carbocycles. The highest BCUT2D eigenvalue weighted by Crippen LogP contribution is 2.22. The second-order valence-corrected chi connectivity index (χ2v) is 6.51. The Hall–Kier alpha value is -2.58. The average molecular weight is 362 g/mol. The lowest BCUT2D eigenvalue weighted by Gasteiger charge is -2.23. The van der Waals surface area contributed by atoms with Crippen molar-refractivity contribution in [2.24, 2.45) is 0 Å². The Balaban J connectivity index is 1.91. The van der Waals surface area contributed by atoms with Gasteiger partial charge in [-0.2, -0.15) is 0 Å². The molecule has 134 valence electrons. The van der Waals surface area contributed by atoms with Gasteiger partial charge in [-0.3, -0.25) is 5.32 Å². The van der Waals surface area contributed by atoms with Gasteiger partial charge in [0.2, 0.25) is 0 Å². The van der Waals surface area contributed by atoms with Crippen LogP contribution < -0.4 is 16.0 Å². The van der Waals surface area contributed by atoms with E-state index in [0.717, 1.165) is 0 Å². The summed E-state index contributed by atoms with van der Waals surface area (Å²) in [5.74, 6) is 0. The Bertz CT molecular complexity index is 704. The molecule has 0 saturated heterocycles. The molecular weight excluding hydrogens is 340 g/mol. The molecule has 0 radical (unpaired) electrons. The van der Waals surface area contributed by atoms with E-state index in [2.05, 4.69) is 31.7 Å². The summed E-state index contributed by atoms with van der Waals surface area (Å²) in [6.07, 6.45) is -0.564. The number of anilines is 2. The van der Waals surface area contributed by atoms with Crippen molar-refractivity contribution in [1.82, 2.24) is 10.2 Å². The van der Waals surface area contributed by atoms with Crippen LogP contribution in [-0.2, 0) is 4.74 Å². The van der Waals surface area contributed by atoms with Crippen molar-refractivity contribution >= 4 is 34.8 Å². The number of hydrogen-bond acceptors (Lipinski definition) is 5. The van der Waals surface area contributed by atoms with E-state index in [1.54, 1.807) is 35.6 Å². The van der Waals surface area contributed by atoms with Crippen molar-refractivity contribution in [3.63, 3.8) is 0 Å². The number of ether oxygens (including phenoxy) is 1. The first-order valence-electron chi connectivity index (χ1n) is 7.69. The van der Waals surface area contributed by atoms with Crippen LogP contribution in [0.5, 0.6) is 0 Å². The van der Waals surface area contributed by atoms with Gasteiger partial charge in [-0.1, -0.05) is 12.1 Å². The number of nitrogens with one attached hydrogen (secondary N) is 3. The quantitative estimate of drug-likeness (QED) is 0.736. The molecule has 7 nitrogen and oxygen atoms in total. The molecule has 1 atom stereocenters. The fraction of sp³-hybridized carbons (Fsp3) is 0.294. The zero-order valence-corrected chi connectivity index (χ0v) is 15.2. The summed E-state index contributed by atoms with van der Waals surface area (Å²) in [6.45, 7) is 0.486. The Morgan fingerprint density at radius 3 is 2.48 bits per heavy atom. The number of benzene rings is 1. The summed E-state index contributed by atoms with van der Waals surface area (Å²) in [6, 6.07) is 10.7. The third-order valence-corrected chi connectivity index (χ3v) is 4.48. The number of carbonyl (C=O) groups excluding carboxylic acids is 2. The number of nitrogens with zero attached hydrogens (tertiary/aromatic N) is 1. The molecule has 0 aliphatic heterocycles. The third kappa shape index (κ3) is 5.77. The summed E-state index contributed by atoms with van der Waals surface area (Å²) in [4.78, 5) is 26.6. The molecule has 3 amide bonds. The molecule has 3 N–H and O–H groups in total. The molecule has 1 aromatic carbocycles. The van der Waals surface area contributed by atoms with Gasteiger partial charge in [0.15, 0.2) is 0 Å². The monoisotopic (exact) mass is 362 g/mol. The molecule has 2 rings (SSSR count). The molecule has 2 aromatic rings. The molecule has 1 aromatic heterocycles. The van der Waals surface area contributed by atoms with Gasteiger partial charge in [0.25, 0.3) is 0 Å². The number of methoxy groups -OCH3 is 1. The number of rotatable bonds is 6. The van der Waals surface area contributed by atoms with E-state index in [-0.39, 0.29) is 12.1 Å². The topological polar surface area (TPSA) is 82.7 Å². The third-order valence-electron chi connectivity index (χ3n) is 3.50. The van der Waals surface area contributed by atoms with E-state index in [0.29, 0.717) is 17.9 Å². The molecule has 1 unspecified atom stereocenters.